The molecule has 0 spiro atoms. The van der Waals surface area contributed by atoms with E-state index in [9.17, 15) is 0 Å². The van der Waals surface area contributed by atoms with E-state index < -0.39 is 0 Å². The Hall–Kier alpha value is -2.88. The summed E-state index contributed by atoms with van der Waals surface area (Å²) < 4.78 is 0. The van der Waals surface area contributed by atoms with Gasteiger partial charge in [-0.1, -0.05) is 54.6 Å². The van der Waals surface area contributed by atoms with Crippen LogP contribution in [0.4, 0.5) is 11.6 Å². The van der Waals surface area contributed by atoms with Crippen LogP contribution >= 0.6 is 0 Å². The summed E-state index contributed by atoms with van der Waals surface area (Å²) in [5.74, 6) is 4.25. The zero-order chi connectivity index (χ0) is 18.5. The molecule has 0 amide bonds. The van der Waals surface area contributed by atoms with Crippen LogP contribution in [0, 0.1) is 0 Å². The summed E-state index contributed by atoms with van der Waals surface area (Å²) >= 11 is 0. The van der Waals surface area contributed by atoms with E-state index in [4.69, 9.17) is 9.97 Å². The van der Waals surface area contributed by atoms with Crippen LogP contribution in [0.3, 0.4) is 0 Å². The van der Waals surface area contributed by atoms with Gasteiger partial charge in [-0.15, -0.1) is 0 Å². The second-order valence-electron chi connectivity index (χ2n) is 8.31. The third kappa shape index (κ3) is 2.75. The summed E-state index contributed by atoms with van der Waals surface area (Å²) in [5.41, 5.74) is 4.30. The summed E-state index contributed by atoms with van der Waals surface area (Å²) in [5, 5.41) is 3.53. The maximum atomic E-state index is 5.00. The number of nitrogens with zero attached hydrogens (tertiary/aromatic N) is 3. The fraction of sp³-hybridized carbons (Fsp3) is 0.333. The number of rotatable bonds is 5. The van der Waals surface area contributed by atoms with Gasteiger partial charge in [-0.2, -0.15) is 0 Å². The molecule has 0 unspecified atom stereocenters. The topological polar surface area (TPSA) is 41.0 Å². The van der Waals surface area contributed by atoms with Crippen LogP contribution in [0.25, 0.3) is 0 Å². The maximum absolute atomic E-state index is 5.00. The Morgan fingerprint density at radius 2 is 1.68 bits per heavy atom. The Bertz CT molecular complexity index is 1010. The molecule has 1 saturated heterocycles. The van der Waals surface area contributed by atoms with E-state index in [1.807, 2.05) is 0 Å². The monoisotopic (exact) mass is 368 g/mol. The minimum atomic E-state index is 0.463. The SMILES string of the molecule is c1ccc(CNc2cc(N3C[C@H]4C[C@H]3c3ccccc34)nc(C3CC3)n2)cc1. The van der Waals surface area contributed by atoms with Crippen molar-refractivity contribution in [2.24, 2.45) is 0 Å². The van der Waals surface area contributed by atoms with Gasteiger partial charge in [0.2, 0.25) is 0 Å². The van der Waals surface area contributed by atoms with Crippen molar-refractivity contribution in [3.63, 3.8) is 0 Å². The summed E-state index contributed by atoms with van der Waals surface area (Å²) in [7, 11) is 0. The van der Waals surface area contributed by atoms with Crippen molar-refractivity contribution in [1.29, 1.82) is 0 Å². The van der Waals surface area contributed by atoms with Crippen LogP contribution < -0.4 is 10.2 Å². The summed E-state index contributed by atoms with van der Waals surface area (Å²) in [4.78, 5) is 12.3. The first-order valence-corrected chi connectivity index (χ1v) is 10.4. The molecule has 2 bridgehead atoms. The maximum Gasteiger partial charge on any atom is 0.136 e. The lowest BCUT2D eigenvalue weighted by molar-refractivity contribution is 0.723. The van der Waals surface area contributed by atoms with Gasteiger partial charge >= 0.3 is 0 Å². The van der Waals surface area contributed by atoms with Crippen molar-refractivity contribution in [2.75, 3.05) is 16.8 Å². The number of benzene rings is 2. The first kappa shape index (κ1) is 16.1. The normalized spacial score (nSPS) is 22.4. The third-order valence-corrected chi connectivity index (χ3v) is 6.38. The molecule has 1 aliphatic heterocycles. The van der Waals surface area contributed by atoms with Crippen LogP contribution in [-0.2, 0) is 6.54 Å². The molecule has 3 aromatic rings. The molecule has 140 valence electrons. The van der Waals surface area contributed by atoms with E-state index >= 15 is 0 Å². The fourth-order valence-electron chi connectivity index (χ4n) is 4.80. The van der Waals surface area contributed by atoms with Crippen LogP contribution in [0.1, 0.15) is 59.7 Å². The zero-order valence-corrected chi connectivity index (χ0v) is 15.9. The second-order valence-corrected chi connectivity index (χ2v) is 8.31. The van der Waals surface area contributed by atoms with Gasteiger partial charge in [0.1, 0.15) is 17.5 Å². The fourth-order valence-corrected chi connectivity index (χ4v) is 4.80. The molecule has 4 nitrogen and oxygen atoms in total. The number of fused-ring (bicyclic) bond motifs is 5. The average molecular weight is 368 g/mol. The lowest BCUT2D eigenvalue weighted by Gasteiger charge is -2.30. The molecule has 2 fully saturated rings. The van der Waals surface area contributed by atoms with Crippen LogP contribution in [-0.4, -0.2) is 16.5 Å². The smallest absolute Gasteiger partial charge is 0.136 e. The van der Waals surface area contributed by atoms with Gasteiger partial charge in [-0.05, 0) is 36.0 Å². The Kier molecular flexibility index (Phi) is 3.64. The zero-order valence-electron chi connectivity index (χ0n) is 15.9. The highest BCUT2D eigenvalue weighted by Gasteiger charge is 2.43. The Morgan fingerprint density at radius 1 is 0.893 bits per heavy atom. The lowest BCUT2D eigenvalue weighted by Crippen LogP contribution is -2.28. The largest absolute Gasteiger partial charge is 0.366 e. The minimum absolute atomic E-state index is 0.463. The summed E-state index contributed by atoms with van der Waals surface area (Å²) in [6.07, 6.45) is 3.65. The van der Waals surface area contributed by atoms with Gasteiger partial charge in [-0.3, -0.25) is 0 Å². The molecular weight excluding hydrogens is 344 g/mol. The molecule has 1 saturated carbocycles. The van der Waals surface area contributed by atoms with Gasteiger partial charge in [-0.25, -0.2) is 9.97 Å². The van der Waals surface area contributed by atoms with Gasteiger partial charge < -0.3 is 10.2 Å². The van der Waals surface area contributed by atoms with Gasteiger partial charge in [0.05, 0.1) is 6.04 Å². The predicted octanol–water partition coefficient (Wildman–Crippen LogP) is 5.01. The Morgan fingerprint density at radius 3 is 2.50 bits per heavy atom. The molecule has 1 aromatic heterocycles. The molecule has 0 radical (unpaired) electrons. The molecule has 2 aliphatic carbocycles. The van der Waals surface area contributed by atoms with Crippen LogP contribution in [0.5, 0.6) is 0 Å². The van der Waals surface area contributed by atoms with E-state index in [0.29, 0.717) is 17.9 Å². The molecule has 6 rings (SSSR count). The van der Waals surface area contributed by atoms with Crippen molar-refractivity contribution >= 4 is 11.6 Å². The number of aromatic nitrogens is 2. The van der Waals surface area contributed by atoms with Crippen molar-refractivity contribution in [1.82, 2.24) is 9.97 Å². The van der Waals surface area contributed by atoms with Gasteiger partial charge in [0, 0.05) is 31.0 Å². The quantitative estimate of drug-likeness (QED) is 0.687. The predicted molar refractivity (Wildman–Crippen MR) is 112 cm³/mol. The van der Waals surface area contributed by atoms with Crippen molar-refractivity contribution in [3.05, 3.63) is 83.2 Å². The summed E-state index contributed by atoms with van der Waals surface area (Å²) in [6.45, 7) is 1.86. The number of hydrogen-bond acceptors (Lipinski definition) is 4. The molecule has 2 atom stereocenters. The molecule has 1 N–H and O–H groups in total. The third-order valence-electron chi connectivity index (χ3n) is 6.38. The number of anilines is 2. The highest BCUT2D eigenvalue weighted by molar-refractivity contribution is 5.57. The van der Waals surface area contributed by atoms with E-state index in [1.165, 1.54) is 30.4 Å². The molecule has 2 heterocycles. The van der Waals surface area contributed by atoms with Gasteiger partial charge in [0.15, 0.2) is 0 Å². The summed E-state index contributed by atoms with van der Waals surface area (Å²) in [6, 6.07) is 22.1. The lowest BCUT2D eigenvalue weighted by atomic mass is 9.99. The molecule has 3 aliphatic rings. The van der Waals surface area contributed by atoms with E-state index in [0.717, 1.165) is 30.5 Å². The first-order valence-electron chi connectivity index (χ1n) is 10.4. The van der Waals surface area contributed by atoms with Crippen molar-refractivity contribution in [3.8, 4) is 0 Å². The minimum Gasteiger partial charge on any atom is -0.366 e. The first-order chi connectivity index (χ1) is 13.8. The molecule has 4 heteroatoms. The molecule has 28 heavy (non-hydrogen) atoms. The number of hydrogen-bond donors (Lipinski definition) is 1. The molecule has 2 aromatic carbocycles. The van der Waals surface area contributed by atoms with Crippen LogP contribution in [0.15, 0.2) is 60.7 Å². The second kappa shape index (κ2) is 6.33. The van der Waals surface area contributed by atoms with Crippen molar-refractivity contribution in [2.45, 2.75) is 43.7 Å². The Balaban J connectivity index is 1.31. The highest BCUT2D eigenvalue weighted by atomic mass is 15.3. The average Bonchev–Trinajstić information content (AvgIpc) is 3.43. The standard InChI is InChI=1S/C24H24N4/c1-2-6-16(7-3-1)14-25-22-13-23(27-24(26-22)17-10-11-17)28-15-18-12-21(28)20-9-5-4-8-19(18)20/h1-9,13,17-18,21H,10-12,14-15H2,(H,25,26,27)/t18-,21+/m1/s1. The van der Waals surface area contributed by atoms with Crippen molar-refractivity contribution < 1.29 is 0 Å². The van der Waals surface area contributed by atoms with E-state index in [1.54, 1.807) is 5.56 Å². The Labute approximate surface area is 165 Å². The van der Waals surface area contributed by atoms with Gasteiger partial charge in [0.25, 0.3) is 0 Å². The van der Waals surface area contributed by atoms with Crippen LogP contribution in [0.2, 0.25) is 0 Å². The number of nitrogens with one attached hydrogen (secondary N) is 1. The molecular formula is C24H24N4. The van der Waals surface area contributed by atoms with E-state index in [-0.39, 0.29) is 0 Å². The van der Waals surface area contributed by atoms with E-state index in [2.05, 4.69) is 70.9 Å². The highest BCUT2D eigenvalue weighted by Crippen LogP contribution is 2.51.